The number of rotatable bonds is 4. The van der Waals surface area contributed by atoms with Crippen molar-refractivity contribution in [1.82, 2.24) is 0 Å². The maximum Gasteiger partial charge on any atom is 0.262 e. The van der Waals surface area contributed by atoms with E-state index in [1.807, 2.05) is 0 Å². The molecule has 2 rings (SSSR count). The lowest BCUT2D eigenvalue weighted by atomic mass is 10.1. The zero-order valence-corrected chi connectivity index (χ0v) is 12.0. The van der Waals surface area contributed by atoms with Gasteiger partial charge in [-0.15, -0.1) is 0 Å². The molecule has 6 heteroatoms. The minimum atomic E-state index is -0.647. The van der Waals surface area contributed by atoms with E-state index in [4.69, 9.17) is 22.7 Å². The second-order valence-corrected chi connectivity index (χ2v) is 4.65. The number of hydrogen-bond acceptors (Lipinski definition) is 3. The Morgan fingerprint density at radius 3 is 2.48 bits per heavy atom. The third kappa shape index (κ3) is 3.35. The molecule has 108 valence electrons. The summed E-state index contributed by atoms with van der Waals surface area (Å²) in [4.78, 5) is 12.4. The standard InChI is InChI=1S/C15H13FN2O2S/c1-20-12-4-2-3-11(16)13(12)15(19)18-10-7-5-9(6-8-10)14(17)21/h2-8H,1H3,(H2,17,21)(H,18,19). The van der Waals surface area contributed by atoms with E-state index in [9.17, 15) is 9.18 Å². The molecule has 0 spiro atoms. The van der Waals surface area contributed by atoms with Crippen molar-refractivity contribution < 1.29 is 13.9 Å². The quantitative estimate of drug-likeness (QED) is 0.853. The lowest BCUT2D eigenvalue weighted by molar-refractivity contribution is 0.102. The first-order valence-corrected chi connectivity index (χ1v) is 6.47. The second kappa shape index (κ2) is 6.32. The predicted octanol–water partition coefficient (Wildman–Crippen LogP) is 2.72. The van der Waals surface area contributed by atoms with Gasteiger partial charge in [-0.25, -0.2) is 4.39 Å². The summed E-state index contributed by atoms with van der Waals surface area (Å²) in [6.07, 6.45) is 0. The Bertz CT molecular complexity index is 687. The first-order chi connectivity index (χ1) is 10.0. The Morgan fingerprint density at radius 2 is 1.90 bits per heavy atom. The van der Waals surface area contributed by atoms with Gasteiger partial charge < -0.3 is 15.8 Å². The fraction of sp³-hybridized carbons (Fsp3) is 0.0667. The highest BCUT2D eigenvalue weighted by Gasteiger charge is 2.17. The van der Waals surface area contributed by atoms with Gasteiger partial charge in [0, 0.05) is 11.3 Å². The van der Waals surface area contributed by atoms with Gasteiger partial charge in [0.2, 0.25) is 0 Å². The number of benzene rings is 2. The van der Waals surface area contributed by atoms with E-state index >= 15 is 0 Å². The molecule has 2 aromatic rings. The molecule has 0 unspecified atom stereocenters. The number of ether oxygens (including phenoxy) is 1. The summed E-state index contributed by atoms with van der Waals surface area (Å²) in [6, 6.07) is 10.8. The number of anilines is 1. The molecule has 4 nitrogen and oxygen atoms in total. The average Bonchev–Trinajstić information content (AvgIpc) is 2.47. The fourth-order valence-corrected chi connectivity index (χ4v) is 1.94. The average molecular weight is 304 g/mol. The number of amides is 1. The summed E-state index contributed by atoms with van der Waals surface area (Å²) in [5.41, 5.74) is 6.54. The highest BCUT2D eigenvalue weighted by atomic mass is 32.1. The van der Waals surface area contributed by atoms with Crippen LogP contribution in [-0.4, -0.2) is 18.0 Å². The van der Waals surface area contributed by atoms with Crippen LogP contribution in [0.15, 0.2) is 42.5 Å². The summed E-state index contributed by atoms with van der Waals surface area (Å²) < 4.78 is 18.8. The van der Waals surface area contributed by atoms with Crippen LogP contribution in [0.5, 0.6) is 5.75 Å². The molecule has 0 bridgehead atoms. The molecule has 0 saturated heterocycles. The molecule has 0 aliphatic carbocycles. The number of nitrogens with one attached hydrogen (secondary N) is 1. The van der Waals surface area contributed by atoms with Crippen LogP contribution in [0.25, 0.3) is 0 Å². The van der Waals surface area contributed by atoms with Crippen LogP contribution < -0.4 is 15.8 Å². The van der Waals surface area contributed by atoms with E-state index in [1.165, 1.54) is 25.3 Å². The predicted molar refractivity (Wildman–Crippen MR) is 83.2 cm³/mol. The summed E-state index contributed by atoms with van der Waals surface area (Å²) >= 11 is 4.84. The smallest absolute Gasteiger partial charge is 0.262 e. The molecule has 0 fully saturated rings. The third-order valence-electron chi connectivity index (χ3n) is 2.85. The molecule has 2 aromatic carbocycles. The van der Waals surface area contributed by atoms with Gasteiger partial charge in [-0.1, -0.05) is 18.3 Å². The Morgan fingerprint density at radius 1 is 1.24 bits per heavy atom. The van der Waals surface area contributed by atoms with E-state index < -0.39 is 11.7 Å². The van der Waals surface area contributed by atoms with Crippen molar-refractivity contribution in [2.75, 3.05) is 12.4 Å². The summed E-state index contributed by atoms with van der Waals surface area (Å²) in [5.74, 6) is -1.06. The third-order valence-corrected chi connectivity index (χ3v) is 3.09. The van der Waals surface area contributed by atoms with Crippen molar-refractivity contribution in [1.29, 1.82) is 0 Å². The van der Waals surface area contributed by atoms with Gasteiger partial charge in [-0.2, -0.15) is 0 Å². The van der Waals surface area contributed by atoms with Gasteiger partial charge in [0.05, 0.1) is 7.11 Å². The number of methoxy groups -OCH3 is 1. The highest BCUT2D eigenvalue weighted by Crippen LogP contribution is 2.22. The first kappa shape index (κ1) is 14.9. The van der Waals surface area contributed by atoms with Crippen molar-refractivity contribution >= 4 is 28.8 Å². The summed E-state index contributed by atoms with van der Waals surface area (Å²) in [7, 11) is 1.38. The van der Waals surface area contributed by atoms with Gasteiger partial charge in [0.1, 0.15) is 22.1 Å². The molecule has 0 radical (unpaired) electrons. The Kier molecular flexibility index (Phi) is 4.49. The monoisotopic (exact) mass is 304 g/mol. The van der Waals surface area contributed by atoms with E-state index in [0.717, 1.165) is 0 Å². The molecule has 0 aromatic heterocycles. The normalized spacial score (nSPS) is 10.0. The molecule has 0 saturated carbocycles. The first-order valence-electron chi connectivity index (χ1n) is 6.06. The highest BCUT2D eigenvalue weighted by molar-refractivity contribution is 7.80. The molecule has 0 atom stereocenters. The van der Waals surface area contributed by atoms with Crippen molar-refractivity contribution in [3.05, 3.63) is 59.4 Å². The molecular weight excluding hydrogens is 291 g/mol. The SMILES string of the molecule is COc1cccc(F)c1C(=O)Nc1ccc(C(N)=S)cc1. The van der Waals surface area contributed by atoms with E-state index in [-0.39, 0.29) is 16.3 Å². The van der Waals surface area contributed by atoms with Gasteiger partial charge in [0.25, 0.3) is 5.91 Å². The van der Waals surface area contributed by atoms with Crippen molar-refractivity contribution in [2.24, 2.45) is 5.73 Å². The van der Waals surface area contributed by atoms with Crippen LogP contribution in [0, 0.1) is 5.82 Å². The van der Waals surface area contributed by atoms with Gasteiger partial charge in [-0.3, -0.25) is 4.79 Å². The molecule has 0 heterocycles. The molecular formula is C15H13FN2O2S. The largest absolute Gasteiger partial charge is 0.496 e. The lowest BCUT2D eigenvalue weighted by Gasteiger charge is -2.10. The van der Waals surface area contributed by atoms with Crippen LogP contribution in [-0.2, 0) is 0 Å². The van der Waals surface area contributed by atoms with Gasteiger partial charge in [-0.05, 0) is 36.4 Å². The number of halogens is 1. The van der Waals surface area contributed by atoms with Crippen LogP contribution in [0.2, 0.25) is 0 Å². The molecule has 0 aliphatic rings. The Hall–Kier alpha value is -2.47. The molecule has 1 amide bonds. The second-order valence-electron chi connectivity index (χ2n) is 4.21. The maximum absolute atomic E-state index is 13.8. The molecule has 21 heavy (non-hydrogen) atoms. The maximum atomic E-state index is 13.8. The number of carbonyl (C=O) groups excluding carboxylic acids is 1. The molecule has 0 aliphatic heterocycles. The van der Waals surface area contributed by atoms with Crippen LogP contribution >= 0.6 is 12.2 Å². The molecule has 3 N–H and O–H groups in total. The number of carbonyl (C=O) groups is 1. The number of nitrogens with two attached hydrogens (primary N) is 1. The Labute approximate surface area is 126 Å². The summed E-state index contributed by atoms with van der Waals surface area (Å²) in [6.45, 7) is 0. The zero-order chi connectivity index (χ0) is 15.4. The minimum Gasteiger partial charge on any atom is -0.496 e. The van der Waals surface area contributed by atoms with Crippen molar-refractivity contribution in [3.63, 3.8) is 0 Å². The van der Waals surface area contributed by atoms with Crippen LogP contribution in [0.4, 0.5) is 10.1 Å². The fourth-order valence-electron chi connectivity index (χ4n) is 1.81. The van der Waals surface area contributed by atoms with E-state index in [1.54, 1.807) is 24.3 Å². The van der Waals surface area contributed by atoms with Gasteiger partial charge in [0.15, 0.2) is 0 Å². The number of thiocarbonyl (C=S) groups is 1. The topological polar surface area (TPSA) is 64.3 Å². The van der Waals surface area contributed by atoms with Crippen LogP contribution in [0.3, 0.4) is 0 Å². The van der Waals surface area contributed by atoms with Gasteiger partial charge >= 0.3 is 0 Å². The minimum absolute atomic E-state index is 0.140. The lowest BCUT2D eigenvalue weighted by Crippen LogP contribution is -2.15. The van der Waals surface area contributed by atoms with Crippen LogP contribution in [0.1, 0.15) is 15.9 Å². The van der Waals surface area contributed by atoms with E-state index in [2.05, 4.69) is 5.32 Å². The summed E-state index contributed by atoms with van der Waals surface area (Å²) in [5, 5.41) is 2.60. The Balaban J connectivity index is 2.24. The van der Waals surface area contributed by atoms with E-state index in [0.29, 0.717) is 11.3 Å². The van der Waals surface area contributed by atoms with Crippen molar-refractivity contribution in [3.8, 4) is 5.75 Å². The zero-order valence-electron chi connectivity index (χ0n) is 11.2. The number of hydrogen-bond donors (Lipinski definition) is 2. The van der Waals surface area contributed by atoms with Crippen molar-refractivity contribution in [2.45, 2.75) is 0 Å².